The molecule has 0 aromatic heterocycles. The van der Waals surface area contributed by atoms with Crippen LogP contribution in [0.4, 0.5) is 0 Å². The maximum atomic E-state index is 12.3. The van der Waals surface area contributed by atoms with E-state index in [-0.39, 0.29) is 24.0 Å². The van der Waals surface area contributed by atoms with Crippen LogP contribution in [0, 0.1) is 0 Å². The summed E-state index contributed by atoms with van der Waals surface area (Å²) in [4.78, 5) is 26.1. The number of benzene rings is 1. The van der Waals surface area contributed by atoms with Crippen molar-refractivity contribution in [3.05, 3.63) is 35.4 Å². The lowest BCUT2D eigenvalue weighted by molar-refractivity contribution is -0.133. The Hall–Kier alpha value is -1.92. The number of nitrogens with two attached hydrogens (primary N) is 1. The van der Waals surface area contributed by atoms with Gasteiger partial charge in [0.15, 0.2) is 0 Å². The highest BCUT2D eigenvalue weighted by Gasteiger charge is 2.29. The number of nitrogens with one attached hydrogen (secondary N) is 1. The van der Waals surface area contributed by atoms with Crippen molar-refractivity contribution in [3.63, 3.8) is 0 Å². The lowest BCUT2D eigenvalue weighted by Crippen LogP contribution is -2.36. The molecule has 3 rings (SSSR count). The molecule has 2 heterocycles. The van der Waals surface area contributed by atoms with E-state index in [0.29, 0.717) is 39.0 Å². The van der Waals surface area contributed by atoms with Gasteiger partial charge in [-0.1, -0.05) is 24.3 Å². The molecule has 2 aliphatic rings. The van der Waals surface area contributed by atoms with Gasteiger partial charge in [0, 0.05) is 32.6 Å². The van der Waals surface area contributed by atoms with Crippen LogP contribution < -0.4 is 11.1 Å². The molecule has 24 heavy (non-hydrogen) atoms. The van der Waals surface area contributed by atoms with Crippen molar-refractivity contribution in [2.45, 2.75) is 51.0 Å². The number of carbonyl (C=O) groups excluding carboxylic acids is 2. The van der Waals surface area contributed by atoms with Crippen molar-refractivity contribution in [1.82, 2.24) is 10.2 Å². The summed E-state index contributed by atoms with van der Waals surface area (Å²) in [6.45, 7) is 2.34. The number of nitrogens with zero attached hydrogens (tertiary/aromatic N) is 1. The molecule has 2 atom stereocenters. The lowest BCUT2D eigenvalue weighted by atomic mass is 10.1. The molecule has 0 radical (unpaired) electrons. The molecular weight excluding hydrogens is 306 g/mol. The van der Waals surface area contributed by atoms with Crippen molar-refractivity contribution in [3.8, 4) is 0 Å². The predicted octanol–water partition coefficient (Wildman–Crippen LogP) is 0.931. The van der Waals surface area contributed by atoms with Gasteiger partial charge in [0.2, 0.25) is 11.8 Å². The number of hydrogen-bond donors (Lipinski definition) is 2. The Kier molecular flexibility index (Phi) is 5.48. The zero-order chi connectivity index (χ0) is 16.9. The Labute approximate surface area is 142 Å². The highest BCUT2D eigenvalue weighted by Crippen LogP contribution is 2.23. The first-order valence-electron chi connectivity index (χ1n) is 8.65. The topological polar surface area (TPSA) is 84.7 Å². The first-order valence-corrected chi connectivity index (χ1v) is 8.65. The monoisotopic (exact) mass is 331 g/mol. The van der Waals surface area contributed by atoms with Crippen molar-refractivity contribution in [2.24, 2.45) is 5.73 Å². The Balaban J connectivity index is 1.34. The first-order chi connectivity index (χ1) is 11.7. The third kappa shape index (κ3) is 3.94. The minimum atomic E-state index is -0.387. The average molecular weight is 331 g/mol. The number of ether oxygens (including phenoxy) is 1. The third-order valence-electron chi connectivity index (χ3n) is 4.72. The van der Waals surface area contributed by atoms with Crippen LogP contribution in [0.15, 0.2) is 24.3 Å². The quantitative estimate of drug-likeness (QED) is 0.760. The van der Waals surface area contributed by atoms with Gasteiger partial charge in [-0.05, 0) is 30.4 Å². The van der Waals surface area contributed by atoms with Gasteiger partial charge < -0.3 is 20.7 Å². The highest BCUT2D eigenvalue weighted by molar-refractivity contribution is 5.81. The first kappa shape index (κ1) is 16.9. The predicted molar refractivity (Wildman–Crippen MR) is 89.9 cm³/mol. The second-order valence-corrected chi connectivity index (χ2v) is 6.47. The van der Waals surface area contributed by atoms with Gasteiger partial charge in [0.1, 0.15) is 6.10 Å². The number of rotatable bonds is 6. The van der Waals surface area contributed by atoms with Gasteiger partial charge >= 0.3 is 0 Å². The van der Waals surface area contributed by atoms with Crippen LogP contribution in [0.5, 0.6) is 0 Å². The summed E-state index contributed by atoms with van der Waals surface area (Å²) in [7, 11) is 0. The SMILES string of the molecule is NC[C@H]1CC[C@@H](C(=O)NCCCC(=O)N2Cc3ccccc3C2)O1. The molecule has 130 valence electrons. The summed E-state index contributed by atoms with van der Waals surface area (Å²) in [5.74, 6) is 0.0488. The van der Waals surface area contributed by atoms with E-state index in [1.165, 1.54) is 11.1 Å². The summed E-state index contributed by atoms with van der Waals surface area (Å²) in [5, 5.41) is 2.86. The molecule has 1 aromatic carbocycles. The van der Waals surface area contributed by atoms with E-state index in [4.69, 9.17) is 10.5 Å². The smallest absolute Gasteiger partial charge is 0.249 e. The van der Waals surface area contributed by atoms with Crippen LogP contribution in [-0.4, -0.2) is 42.0 Å². The number of hydrogen-bond acceptors (Lipinski definition) is 4. The maximum absolute atomic E-state index is 12.3. The summed E-state index contributed by atoms with van der Waals surface area (Å²) >= 11 is 0. The van der Waals surface area contributed by atoms with E-state index in [1.807, 2.05) is 17.0 Å². The summed E-state index contributed by atoms with van der Waals surface area (Å²) < 4.78 is 5.56. The Morgan fingerprint density at radius 2 is 1.92 bits per heavy atom. The second-order valence-electron chi connectivity index (χ2n) is 6.47. The molecule has 1 fully saturated rings. The lowest BCUT2D eigenvalue weighted by Gasteiger charge is -2.16. The molecule has 2 amide bonds. The van der Waals surface area contributed by atoms with Gasteiger partial charge in [-0.3, -0.25) is 9.59 Å². The molecule has 1 aromatic rings. The molecule has 6 nitrogen and oxygen atoms in total. The van der Waals surface area contributed by atoms with Crippen molar-refractivity contribution in [1.29, 1.82) is 0 Å². The van der Waals surface area contributed by atoms with Crippen LogP contribution in [0.3, 0.4) is 0 Å². The largest absolute Gasteiger partial charge is 0.364 e. The van der Waals surface area contributed by atoms with Crippen LogP contribution in [0.25, 0.3) is 0 Å². The fraction of sp³-hybridized carbons (Fsp3) is 0.556. The van der Waals surface area contributed by atoms with E-state index in [2.05, 4.69) is 17.4 Å². The number of amides is 2. The molecule has 0 bridgehead atoms. The molecule has 0 saturated carbocycles. The second kappa shape index (κ2) is 7.77. The molecule has 0 spiro atoms. The average Bonchev–Trinajstić information content (AvgIpc) is 3.24. The zero-order valence-corrected chi connectivity index (χ0v) is 13.9. The molecule has 0 aliphatic carbocycles. The van der Waals surface area contributed by atoms with Crippen molar-refractivity contribution in [2.75, 3.05) is 13.1 Å². The number of fused-ring (bicyclic) bond motifs is 1. The molecule has 3 N–H and O–H groups in total. The Morgan fingerprint density at radius 1 is 1.21 bits per heavy atom. The van der Waals surface area contributed by atoms with E-state index >= 15 is 0 Å². The fourth-order valence-electron chi connectivity index (χ4n) is 3.30. The Bertz CT molecular complexity index is 580. The van der Waals surface area contributed by atoms with Gasteiger partial charge in [-0.2, -0.15) is 0 Å². The van der Waals surface area contributed by atoms with E-state index in [1.54, 1.807) is 0 Å². The maximum Gasteiger partial charge on any atom is 0.249 e. The van der Waals surface area contributed by atoms with Crippen LogP contribution in [0.2, 0.25) is 0 Å². The third-order valence-corrected chi connectivity index (χ3v) is 4.72. The van der Waals surface area contributed by atoms with Crippen molar-refractivity contribution >= 4 is 11.8 Å². The number of carbonyl (C=O) groups is 2. The minimum Gasteiger partial charge on any atom is -0.364 e. The summed E-state index contributed by atoms with van der Waals surface area (Å²) in [6.07, 6.45) is 2.26. The van der Waals surface area contributed by atoms with Crippen molar-refractivity contribution < 1.29 is 14.3 Å². The van der Waals surface area contributed by atoms with Gasteiger partial charge in [0.05, 0.1) is 6.10 Å². The van der Waals surface area contributed by atoms with Gasteiger partial charge in [-0.15, -0.1) is 0 Å². The minimum absolute atomic E-state index is 0.000809. The van der Waals surface area contributed by atoms with Gasteiger partial charge in [-0.25, -0.2) is 0 Å². The normalized spacial score (nSPS) is 22.5. The molecule has 0 unspecified atom stereocenters. The van der Waals surface area contributed by atoms with Crippen LogP contribution in [0.1, 0.15) is 36.8 Å². The van der Waals surface area contributed by atoms with E-state index in [0.717, 1.165) is 12.8 Å². The van der Waals surface area contributed by atoms with E-state index < -0.39 is 0 Å². The van der Waals surface area contributed by atoms with E-state index in [9.17, 15) is 9.59 Å². The summed E-state index contributed by atoms with van der Waals surface area (Å²) in [5.41, 5.74) is 8.00. The highest BCUT2D eigenvalue weighted by atomic mass is 16.5. The Morgan fingerprint density at radius 3 is 2.54 bits per heavy atom. The molecule has 6 heteroatoms. The zero-order valence-electron chi connectivity index (χ0n) is 13.9. The van der Waals surface area contributed by atoms with Gasteiger partial charge in [0.25, 0.3) is 0 Å². The standard InChI is InChI=1S/C18H25N3O3/c19-10-15-7-8-16(24-15)18(23)20-9-3-6-17(22)21-11-13-4-1-2-5-14(13)12-21/h1-2,4-5,15-16H,3,6-12,19H2,(H,20,23)/t15-,16+/m1/s1. The van der Waals surface area contributed by atoms with Crippen LogP contribution >= 0.6 is 0 Å². The fourth-order valence-corrected chi connectivity index (χ4v) is 3.30. The molecule has 1 saturated heterocycles. The van der Waals surface area contributed by atoms with Crippen LogP contribution in [-0.2, 0) is 27.4 Å². The molecular formula is C18H25N3O3. The molecule has 2 aliphatic heterocycles. The summed E-state index contributed by atoms with van der Waals surface area (Å²) in [6, 6.07) is 8.14.